The van der Waals surface area contributed by atoms with Crippen LogP contribution in [-0.2, 0) is 4.74 Å². The van der Waals surface area contributed by atoms with Crippen LogP contribution in [0.4, 0.5) is 0 Å². The third kappa shape index (κ3) is 3.88. The number of hydrogen-bond acceptors (Lipinski definition) is 7. The van der Waals surface area contributed by atoms with E-state index in [0.29, 0.717) is 29.0 Å². The van der Waals surface area contributed by atoms with Crippen LogP contribution in [0, 0.1) is 0 Å². The summed E-state index contributed by atoms with van der Waals surface area (Å²) in [4.78, 5) is 4.24. The lowest BCUT2D eigenvalue weighted by Crippen LogP contribution is -2.03. The fourth-order valence-electron chi connectivity index (χ4n) is 3.31. The smallest absolute Gasteiger partial charge is 0.216 e. The molecule has 1 aromatic heterocycles. The zero-order valence-corrected chi connectivity index (χ0v) is 16.3. The summed E-state index contributed by atoms with van der Waals surface area (Å²) in [6.45, 7) is 0. The summed E-state index contributed by atoms with van der Waals surface area (Å²) >= 11 is 0. The first-order chi connectivity index (χ1) is 13.1. The van der Waals surface area contributed by atoms with E-state index in [1.165, 1.54) is 0 Å². The molecule has 2 unspecified atom stereocenters. The molecule has 1 aromatic carbocycles. The number of ether oxygens (including phenoxy) is 6. The fourth-order valence-corrected chi connectivity index (χ4v) is 3.31. The molecular weight excluding hydrogens is 350 g/mol. The maximum Gasteiger partial charge on any atom is 0.216 e. The van der Waals surface area contributed by atoms with Gasteiger partial charge in [0.25, 0.3) is 0 Å². The summed E-state index contributed by atoms with van der Waals surface area (Å²) in [6, 6.07) is 7.62. The van der Waals surface area contributed by atoms with Crippen LogP contribution < -0.4 is 23.7 Å². The van der Waals surface area contributed by atoms with E-state index in [0.717, 1.165) is 24.0 Å². The lowest BCUT2D eigenvalue weighted by atomic mass is 10.0. The van der Waals surface area contributed by atoms with Crippen molar-refractivity contribution >= 4 is 0 Å². The van der Waals surface area contributed by atoms with Crippen LogP contribution in [0.3, 0.4) is 0 Å². The second-order valence-electron chi connectivity index (χ2n) is 6.13. The molecule has 0 radical (unpaired) electrons. The predicted octanol–water partition coefficient (Wildman–Crippen LogP) is 3.72. The Hall–Kier alpha value is -2.67. The highest BCUT2D eigenvalue weighted by Gasteiger charge is 2.30. The van der Waals surface area contributed by atoms with Crippen LogP contribution in [0.1, 0.15) is 36.2 Å². The van der Waals surface area contributed by atoms with E-state index in [2.05, 4.69) is 4.98 Å². The molecule has 146 valence electrons. The van der Waals surface area contributed by atoms with Gasteiger partial charge in [0.2, 0.25) is 17.5 Å². The van der Waals surface area contributed by atoms with Crippen molar-refractivity contribution in [3.05, 3.63) is 35.4 Å². The molecule has 0 N–H and O–H groups in total. The summed E-state index contributed by atoms with van der Waals surface area (Å²) in [5, 5.41) is 0. The number of rotatable bonds is 7. The average Bonchev–Trinajstić information content (AvgIpc) is 3.22. The average molecular weight is 375 g/mol. The van der Waals surface area contributed by atoms with Gasteiger partial charge in [0, 0.05) is 12.1 Å². The Kier molecular flexibility index (Phi) is 5.91. The SMILES string of the molecule is COc1cc(C2CCC(c3cc(OC)c(OC)c(OC)c3)O2)cc(OC)n1. The molecule has 3 rings (SSSR count). The number of pyridine rings is 1. The minimum Gasteiger partial charge on any atom is -0.493 e. The standard InChI is InChI=1S/C20H25NO6/c1-22-16-8-12(9-17(23-2)20(16)26-5)14-6-7-15(27-14)13-10-18(24-3)21-19(11-13)25-4/h8-11,14-15H,6-7H2,1-5H3. The van der Waals surface area contributed by atoms with Crippen molar-refractivity contribution in [1.29, 1.82) is 0 Å². The molecule has 0 aliphatic carbocycles. The number of aromatic nitrogens is 1. The molecule has 27 heavy (non-hydrogen) atoms. The van der Waals surface area contributed by atoms with E-state index < -0.39 is 0 Å². The maximum atomic E-state index is 6.31. The summed E-state index contributed by atoms with van der Waals surface area (Å²) < 4.78 is 33.1. The highest BCUT2D eigenvalue weighted by atomic mass is 16.5. The quantitative estimate of drug-likeness (QED) is 0.730. The Bertz CT molecular complexity index is 747. The van der Waals surface area contributed by atoms with Gasteiger partial charge in [-0.05, 0) is 36.1 Å². The molecule has 1 saturated heterocycles. The van der Waals surface area contributed by atoms with Crippen molar-refractivity contribution in [3.8, 4) is 29.0 Å². The van der Waals surface area contributed by atoms with Gasteiger partial charge in [0.05, 0.1) is 47.8 Å². The molecule has 7 heteroatoms. The van der Waals surface area contributed by atoms with Crippen LogP contribution in [-0.4, -0.2) is 40.5 Å². The van der Waals surface area contributed by atoms with Gasteiger partial charge in [-0.15, -0.1) is 0 Å². The Morgan fingerprint density at radius 2 is 1.19 bits per heavy atom. The van der Waals surface area contributed by atoms with Gasteiger partial charge in [-0.25, -0.2) is 0 Å². The van der Waals surface area contributed by atoms with Crippen molar-refractivity contribution in [2.45, 2.75) is 25.0 Å². The van der Waals surface area contributed by atoms with Gasteiger partial charge in [0.15, 0.2) is 11.5 Å². The zero-order chi connectivity index (χ0) is 19.4. The molecule has 1 aliphatic heterocycles. The molecule has 7 nitrogen and oxygen atoms in total. The first-order valence-corrected chi connectivity index (χ1v) is 8.68. The number of nitrogens with zero attached hydrogens (tertiary/aromatic N) is 1. The van der Waals surface area contributed by atoms with E-state index in [1.54, 1.807) is 35.5 Å². The topological polar surface area (TPSA) is 68.3 Å². The Morgan fingerprint density at radius 1 is 0.704 bits per heavy atom. The number of benzene rings is 1. The van der Waals surface area contributed by atoms with Crippen LogP contribution in [0.2, 0.25) is 0 Å². The maximum absolute atomic E-state index is 6.31. The molecule has 0 amide bonds. The van der Waals surface area contributed by atoms with E-state index in [-0.39, 0.29) is 12.2 Å². The highest BCUT2D eigenvalue weighted by Crippen LogP contribution is 2.46. The van der Waals surface area contributed by atoms with Crippen LogP contribution in [0.25, 0.3) is 0 Å². The summed E-state index contributed by atoms with van der Waals surface area (Å²) in [5.41, 5.74) is 1.97. The van der Waals surface area contributed by atoms with Crippen molar-refractivity contribution < 1.29 is 28.4 Å². The summed E-state index contributed by atoms with van der Waals surface area (Å²) in [6.07, 6.45) is 1.60. The van der Waals surface area contributed by atoms with Crippen LogP contribution in [0.15, 0.2) is 24.3 Å². The highest BCUT2D eigenvalue weighted by molar-refractivity contribution is 5.54. The monoisotopic (exact) mass is 375 g/mol. The second kappa shape index (κ2) is 8.35. The molecule has 0 saturated carbocycles. The van der Waals surface area contributed by atoms with Crippen molar-refractivity contribution in [3.63, 3.8) is 0 Å². The molecular formula is C20H25NO6. The number of hydrogen-bond donors (Lipinski definition) is 0. The third-order valence-electron chi connectivity index (χ3n) is 4.67. The first-order valence-electron chi connectivity index (χ1n) is 8.68. The van der Waals surface area contributed by atoms with Crippen molar-refractivity contribution in [2.24, 2.45) is 0 Å². The normalized spacial score (nSPS) is 18.9. The van der Waals surface area contributed by atoms with E-state index in [4.69, 9.17) is 28.4 Å². The fraction of sp³-hybridized carbons (Fsp3) is 0.450. The van der Waals surface area contributed by atoms with Gasteiger partial charge in [-0.1, -0.05) is 0 Å². The van der Waals surface area contributed by atoms with Gasteiger partial charge < -0.3 is 28.4 Å². The molecule has 1 fully saturated rings. The molecule has 1 aliphatic rings. The molecule has 0 bridgehead atoms. The first kappa shape index (κ1) is 19.1. The molecule has 0 spiro atoms. The van der Waals surface area contributed by atoms with Gasteiger partial charge in [0.1, 0.15) is 0 Å². The lowest BCUT2D eigenvalue weighted by molar-refractivity contribution is 0.0435. The predicted molar refractivity (Wildman–Crippen MR) is 99.2 cm³/mol. The van der Waals surface area contributed by atoms with Crippen molar-refractivity contribution in [1.82, 2.24) is 4.98 Å². The van der Waals surface area contributed by atoms with E-state index in [1.807, 2.05) is 24.3 Å². The van der Waals surface area contributed by atoms with Gasteiger partial charge in [-0.3, -0.25) is 0 Å². The van der Waals surface area contributed by atoms with E-state index in [9.17, 15) is 0 Å². The van der Waals surface area contributed by atoms with E-state index >= 15 is 0 Å². The minimum atomic E-state index is -0.0751. The van der Waals surface area contributed by atoms with Gasteiger partial charge in [-0.2, -0.15) is 4.98 Å². The third-order valence-corrected chi connectivity index (χ3v) is 4.67. The van der Waals surface area contributed by atoms with Gasteiger partial charge >= 0.3 is 0 Å². The molecule has 2 atom stereocenters. The molecule has 2 aromatic rings. The summed E-state index contributed by atoms with van der Waals surface area (Å²) in [5.74, 6) is 2.81. The van der Waals surface area contributed by atoms with Crippen molar-refractivity contribution in [2.75, 3.05) is 35.5 Å². The Morgan fingerprint density at radius 3 is 1.59 bits per heavy atom. The second-order valence-corrected chi connectivity index (χ2v) is 6.13. The Labute approximate surface area is 159 Å². The number of methoxy groups -OCH3 is 5. The zero-order valence-electron chi connectivity index (χ0n) is 16.3. The molecule has 2 heterocycles. The Balaban J connectivity index is 1.86. The lowest BCUT2D eigenvalue weighted by Gasteiger charge is -2.18. The summed E-state index contributed by atoms with van der Waals surface area (Å²) in [7, 11) is 7.97. The van der Waals surface area contributed by atoms with Crippen LogP contribution in [0.5, 0.6) is 29.0 Å². The van der Waals surface area contributed by atoms with Crippen LogP contribution >= 0.6 is 0 Å². The largest absolute Gasteiger partial charge is 0.493 e. The minimum absolute atomic E-state index is 0.0695.